The van der Waals surface area contributed by atoms with E-state index >= 15 is 0 Å². The molecule has 0 saturated carbocycles. The number of aryl methyl sites for hydroxylation is 1. The minimum atomic E-state index is -0.664. The van der Waals surface area contributed by atoms with Gasteiger partial charge in [-0.25, -0.2) is 0 Å². The van der Waals surface area contributed by atoms with E-state index in [4.69, 9.17) is 20.1 Å². The van der Waals surface area contributed by atoms with Gasteiger partial charge >= 0.3 is 0 Å². The third-order valence-electron chi connectivity index (χ3n) is 2.55. The molecule has 1 aromatic heterocycles. The topological polar surface area (TPSA) is 94.4 Å². The number of benzene rings is 1. The summed E-state index contributed by atoms with van der Waals surface area (Å²) in [6, 6.07) is 5.01. The van der Waals surface area contributed by atoms with Crippen molar-refractivity contribution in [3.63, 3.8) is 0 Å². The second-order valence-electron chi connectivity index (χ2n) is 3.95. The highest BCUT2D eigenvalue weighted by atomic mass is 16.5. The molecule has 0 radical (unpaired) electrons. The third-order valence-corrected chi connectivity index (χ3v) is 2.55. The summed E-state index contributed by atoms with van der Waals surface area (Å²) in [6.07, 6.45) is 0. The monoisotopic (exact) mass is 249 g/mol. The summed E-state index contributed by atoms with van der Waals surface area (Å²) in [5.41, 5.74) is 7.40. The van der Waals surface area contributed by atoms with Gasteiger partial charge in [-0.1, -0.05) is 11.2 Å². The molecule has 0 unspecified atom stereocenters. The molecule has 0 amide bonds. The summed E-state index contributed by atoms with van der Waals surface area (Å²) in [5.74, 6) is 1.26. The Morgan fingerprint density at radius 2 is 2.28 bits per heavy atom. The maximum atomic E-state index is 8.93. The molecule has 2 aromatic rings. The first kappa shape index (κ1) is 12.5. The number of aromatic nitrogens is 2. The number of nitrogens with zero attached hydrogens (tertiary/aromatic N) is 2. The zero-order valence-electron chi connectivity index (χ0n) is 10.3. The predicted octanol–water partition coefficient (Wildman–Crippen LogP) is 1.05. The Hall–Kier alpha value is -1.92. The van der Waals surface area contributed by atoms with E-state index in [2.05, 4.69) is 10.1 Å². The maximum Gasteiger partial charge on any atom is 0.246 e. The van der Waals surface area contributed by atoms with Gasteiger partial charge in [-0.2, -0.15) is 4.98 Å². The third kappa shape index (κ3) is 2.34. The molecule has 96 valence electrons. The van der Waals surface area contributed by atoms with Crippen LogP contribution in [0.2, 0.25) is 0 Å². The number of ether oxygens (including phenoxy) is 1. The van der Waals surface area contributed by atoms with Crippen molar-refractivity contribution in [3.05, 3.63) is 29.7 Å². The number of rotatable bonds is 4. The first-order valence-corrected chi connectivity index (χ1v) is 5.50. The average molecular weight is 249 g/mol. The Morgan fingerprint density at radius 3 is 2.94 bits per heavy atom. The molecule has 3 N–H and O–H groups in total. The van der Waals surface area contributed by atoms with E-state index in [9.17, 15) is 0 Å². The number of hydrogen-bond donors (Lipinski definition) is 2. The van der Waals surface area contributed by atoms with Crippen LogP contribution in [-0.4, -0.2) is 29.0 Å². The van der Waals surface area contributed by atoms with Crippen molar-refractivity contribution in [3.8, 4) is 17.1 Å². The van der Waals surface area contributed by atoms with E-state index in [1.54, 1.807) is 7.11 Å². The van der Waals surface area contributed by atoms with Crippen LogP contribution in [0.4, 0.5) is 0 Å². The molecule has 6 nitrogen and oxygen atoms in total. The summed E-state index contributed by atoms with van der Waals surface area (Å²) in [4.78, 5) is 4.15. The van der Waals surface area contributed by atoms with Gasteiger partial charge in [0.25, 0.3) is 0 Å². The fourth-order valence-electron chi connectivity index (χ4n) is 1.56. The van der Waals surface area contributed by atoms with Gasteiger partial charge < -0.3 is 20.1 Å². The van der Waals surface area contributed by atoms with E-state index < -0.39 is 6.04 Å². The predicted molar refractivity (Wildman–Crippen MR) is 65.0 cm³/mol. The van der Waals surface area contributed by atoms with E-state index in [1.807, 2.05) is 25.1 Å². The van der Waals surface area contributed by atoms with Gasteiger partial charge in [0.15, 0.2) is 0 Å². The highest BCUT2D eigenvalue weighted by Crippen LogP contribution is 2.29. The standard InChI is InChI=1S/C12H15N3O3/c1-7-3-4-8(10(5-7)17-2)11-14-12(18-15-11)9(13)6-16/h3-5,9,16H,6,13H2,1-2H3/t9-/m1/s1. The molecule has 18 heavy (non-hydrogen) atoms. The maximum absolute atomic E-state index is 8.93. The van der Waals surface area contributed by atoms with Crippen molar-refractivity contribution < 1.29 is 14.4 Å². The number of aliphatic hydroxyl groups excluding tert-OH is 1. The summed E-state index contributed by atoms with van der Waals surface area (Å²) in [7, 11) is 1.58. The second kappa shape index (κ2) is 5.16. The smallest absolute Gasteiger partial charge is 0.246 e. The second-order valence-corrected chi connectivity index (χ2v) is 3.95. The minimum absolute atomic E-state index is 0.204. The molecule has 2 rings (SSSR count). The fourth-order valence-corrected chi connectivity index (χ4v) is 1.56. The van der Waals surface area contributed by atoms with E-state index in [0.29, 0.717) is 11.6 Å². The molecule has 1 atom stereocenters. The number of nitrogens with two attached hydrogens (primary N) is 1. The van der Waals surface area contributed by atoms with Gasteiger partial charge in [0.2, 0.25) is 11.7 Å². The Balaban J connectivity index is 2.39. The highest BCUT2D eigenvalue weighted by Gasteiger charge is 2.17. The normalized spacial score (nSPS) is 12.4. The van der Waals surface area contributed by atoms with E-state index in [0.717, 1.165) is 11.1 Å². The van der Waals surface area contributed by atoms with Gasteiger partial charge in [-0.3, -0.25) is 0 Å². The fraction of sp³-hybridized carbons (Fsp3) is 0.333. The Labute approximate surface area is 104 Å². The van der Waals surface area contributed by atoms with Crippen LogP contribution in [0, 0.1) is 6.92 Å². The van der Waals surface area contributed by atoms with Gasteiger partial charge in [-0.15, -0.1) is 0 Å². The lowest BCUT2D eigenvalue weighted by Crippen LogP contribution is -2.14. The average Bonchev–Trinajstić information content (AvgIpc) is 2.87. The quantitative estimate of drug-likeness (QED) is 0.840. The van der Waals surface area contributed by atoms with Crippen LogP contribution in [0.15, 0.2) is 22.7 Å². The SMILES string of the molecule is COc1cc(C)ccc1-c1noc([C@H](N)CO)n1. The summed E-state index contributed by atoms with van der Waals surface area (Å²) in [5, 5.41) is 12.8. The van der Waals surface area contributed by atoms with Crippen molar-refractivity contribution in [2.75, 3.05) is 13.7 Å². The van der Waals surface area contributed by atoms with E-state index in [1.165, 1.54) is 0 Å². The van der Waals surface area contributed by atoms with Crippen LogP contribution < -0.4 is 10.5 Å². The summed E-state index contributed by atoms with van der Waals surface area (Å²) >= 11 is 0. The van der Waals surface area contributed by atoms with Gasteiger partial charge in [-0.05, 0) is 24.6 Å². The number of hydrogen-bond acceptors (Lipinski definition) is 6. The minimum Gasteiger partial charge on any atom is -0.496 e. The van der Waals surface area contributed by atoms with Gasteiger partial charge in [0.1, 0.15) is 11.8 Å². The van der Waals surface area contributed by atoms with Crippen LogP contribution in [0.25, 0.3) is 11.4 Å². The van der Waals surface area contributed by atoms with Crippen molar-refractivity contribution in [1.82, 2.24) is 10.1 Å². The van der Waals surface area contributed by atoms with E-state index in [-0.39, 0.29) is 12.5 Å². The molecule has 0 spiro atoms. The number of methoxy groups -OCH3 is 1. The number of aliphatic hydroxyl groups is 1. The molecule has 0 aliphatic carbocycles. The van der Waals surface area contributed by atoms with Crippen molar-refractivity contribution in [1.29, 1.82) is 0 Å². The Morgan fingerprint density at radius 1 is 1.50 bits per heavy atom. The van der Waals surface area contributed by atoms with Crippen molar-refractivity contribution in [2.24, 2.45) is 5.73 Å². The molecule has 1 heterocycles. The molecule has 0 bridgehead atoms. The molecular formula is C12H15N3O3. The van der Waals surface area contributed by atoms with Crippen LogP contribution >= 0.6 is 0 Å². The molecule has 0 aliphatic rings. The van der Waals surface area contributed by atoms with Crippen LogP contribution in [0.5, 0.6) is 5.75 Å². The van der Waals surface area contributed by atoms with Crippen LogP contribution in [-0.2, 0) is 0 Å². The molecule has 0 aliphatic heterocycles. The molecular weight excluding hydrogens is 234 g/mol. The molecule has 1 aromatic carbocycles. The lowest BCUT2D eigenvalue weighted by atomic mass is 10.1. The Kier molecular flexibility index (Phi) is 3.59. The van der Waals surface area contributed by atoms with Gasteiger partial charge in [0, 0.05) is 0 Å². The zero-order chi connectivity index (χ0) is 13.1. The lowest BCUT2D eigenvalue weighted by Gasteiger charge is -2.05. The summed E-state index contributed by atoms with van der Waals surface area (Å²) in [6.45, 7) is 1.72. The Bertz CT molecular complexity index is 539. The largest absolute Gasteiger partial charge is 0.496 e. The van der Waals surface area contributed by atoms with Crippen LogP contribution in [0.3, 0.4) is 0 Å². The molecule has 0 fully saturated rings. The molecule has 6 heteroatoms. The first-order chi connectivity index (χ1) is 8.65. The highest BCUT2D eigenvalue weighted by molar-refractivity contribution is 5.64. The lowest BCUT2D eigenvalue weighted by molar-refractivity contribution is 0.237. The van der Waals surface area contributed by atoms with Crippen molar-refractivity contribution >= 4 is 0 Å². The first-order valence-electron chi connectivity index (χ1n) is 5.50. The zero-order valence-corrected chi connectivity index (χ0v) is 10.3. The molecule has 0 saturated heterocycles. The van der Waals surface area contributed by atoms with Gasteiger partial charge in [0.05, 0.1) is 19.3 Å². The van der Waals surface area contributed by atoms with Crippen molar-refractivity contribution in [2.45, 2.75) is 13.0 Å². The van der Waals surface area contributed by atoms with Crippen LogP contribution in [0.1, 0.15) is 17.5 Å². The summed E-state index contributed by atoms with van der Waals surface area (Å²) < 4.78 is 10.3.